The van der Waals surface area contributed by atoms with Gasteiger partial charge in [0.05, 0.1) is 83.5 Å². The van der Waals surface area contributed by atoms with Gasteiger partial charge in [0.25, 0.3) is 0 Å². The third-order valence-corrected chi connectivity index (χ3v) is 15.3. The van der Waals surface area contributed by atoms with Gasteiger partial charge in [-0.2, -0.15) is 0 Å². The second kappa shape index (κ2) is 25.3. The number of hydrogen-bond acceptors (Lipinski definition) is 0. The Morgan fingerprint density at radius 1 is 0.127 bits per heavy atom. The van der Waals surface area contributed by atoms with Gasteiger partial charge in [-0.25, -0.2) is 180 Å². The van der Waals surface area contributed by atoms with Gasteiger partial charge in [-0.05, 0) is 12.5 Å². The largest absolute Gasteiger partial charge is 0.239 e. The normalized spacial score (nSPS) is 14.3. The maximum absolute atomic E-state index is 18.0. The van der Waals surface area contributed by atoms with Crippen LogP contribution in [0.3, 0.4) is 0 Å². The van der Waals surface area contributed by atoms with E-state index in [0.717, 1.165) is 0 Å². The Bertz CT molecular complexity index is 5060. The number of alkyl halides is 2. The second-order valence-corrected chi connectivity index (χ2v) is 20.5. The lowest BCUT2D eigenvalue weighted by Gasteiger charge is -2.28. The van der Waals surface area contributed by atoms with Gasteiger partial charge in [0.2, 0.25) is 23.3 Å². The minimum absolute atomic E-state index is 0.308. The van der Waals surface area contributed by atoms with E-state index >= 15 is 127 Å². The first-order valence-electron chi connectivity index (χ1n) is 25.7. The van der Waals surface area contributed by atoms with E-state index in [1.54, 1.807) is 0 Å². The van der Waals surface area contributed by atoms with E-state index in [-0.39, 0.29) is 6.92 Å². The Labute approximate surface area is 531 Å². The molecule has 0 amide bonds. The molecule has 0 fully saturated rings. The molecule has 10 rings (SSSR count). The van der Waals surface area contributed by atoms with Crippen molar-refractivity contribution in [1.29, 1.82) is 0 Å². The van der Waals surface area contributed by atoms with Crippen LogP contribution in [0, 0.1) is 222 Å². The highest BCUT2D eigenvalue weighted by molar-refractivity contribution is 5.94. The van der Waals surface area contributed by atoms with Crippen LogP contribution in [-0.4, -0.2) is 12.3 Å². The molecule has 1 aliphatic rings. The number of halogens is 41. The van der Waals surface area contributed by atoms with Crippen molar-refractivity contribution in [3.8, 4) is 77.9 Å². The van der Waals surface area contributed by atoms with Crippen LogP contribution in [0.25, 0.3) is 89.0 Å². The lowest BCUT2D eigenvalue weighted by Crippen LogP contribution is -2.29. The van der Waals surface area contributed by atoms with Gasteiger partial charge in [0.1, 0.15) is 40.7 Å². The van der Waals surface area contributed by atoms with Crippen molar-refractivity contribution < 1.29 is 180 Å². The van der Waals surface area contributed by atoms with Crippen molar-refractivity contribution >= 4 is 11.1 Å². The van der Waals surface area contributed by atoms with Gasteiger partial charge in [-0.1, -0.05) is 0 Å². The summed E-state index contributed by atoms with van der Waals surface area (Å²) in [6.45, 7) is -0.308. The lowest BCUT2D eigenvalue weighted by molar-refractivity contribution is 0.250. The number of rotatable bonds is 9. The quantitative estimate of drug-likeness (QED) is 0.0768. The van der Waals surface area contributed by atoms with Gasteiger partial charge in [0.15, 0.2) is 175 Å². The summed E-state index contributed by atoms with van der Waals surface area (Å²) < 4.78 is 647. The number of benzene rings is 9. The summed E-state index contributed by atoms with van der Waals surface area (Å²) >= 11 is 0. The van der Waals surface area contributed by atoms with Crippen LogP contribution in [0.2, 0.25) is 0 Å². The molecule has 2 unspecified atom stereocenters. The summed E-state index contributed by atoms with van der Waals surface area (Å²) in [7, 11) is 0. The molecule has 0 nitrogen and oxygen atoms in total. The topological polar surface area (TPSA) is 0 Å². The zero-order valence-electron chi connectivity index (χ0n) is 46.7. The van der Waals surface area contributed by atoms with Crippen LogP contribution in [0.15, 0.2) is 11.7 Å². The summed E-state index contributed by atoms with van der Waals surface area (Å²) in [5.74, 6) is -142. The minimum Gasteiger partial charge on any atom is -0.239 e. The van der Waals surface area contributed by atoms with Crippen molar-refractivity contribution in [2.75, 3.05) is 0 Å². The van der Waals surface area contributed by atoms with Crippen LogP contribution < -0.4 is 0 Å². The first kappa shape index (κ1) is 74.3. The molecule has 41 heteroatoms. The third-order valence-electron chi connectivity index (χ3n) is 15.3. The summed E-state index contributed by atoms with van der Waals surface area (Å²) in [5.41, 5.74) is -65.1. The predicted molar refractivity (Wildman–Crippen MR) is 260 cm³/mol. The van der Waals surface area contributed by atoms with Crippen LogP contribution in [0.4, 0.5) is 180 Å². The van der Waals surface area contributed by atoms with Crippen LogP contribution in [0.5, 0.6) is 0 Å². The summed E-state index contributed by atoms with van der Waals surface area (Å²) in [5, 5.41) is 0. The van der Waals surface area contributed by atoms with E-state index in [4.69, 9.17) is 0 Å². The number of allylic oxidation sites excluding steroid dienone is 4. The molecule has 9 aromatic rings. The Kier molecular flexibility index (Phi) is 18.4. The predicted octanol–water partition coefficient (Wildman–Crippen LogP) is 22.6. The molecule has 0 N–H and O–H groups in total. The molecule has 9 aromatic carbocycles. The fraction of sp³-hybridized carbons (Fsp3) is 0.0492. The van der Waals surface area contributed by atoms with Gasteiger partial charge in [-0.15, -0.1) is 0 Å². The van der Waals surface area contributed by atoms with Gasteiger partial charge < -0.3 is 0 Å². The van der Waals surface area contributed by atoms with Crippen LogP contribution >= 0.6 is 0 Å². The smallest absolute Gasteiger partial charge is 0.200 e. The van der Waals surface area contributed by atoms with Crippen LogP contribution in [-0.2, 0) is 0 Å². The van der Waals surface area contributed by atoms with Crippen LogP contribution in [0.1, 0.15) is 16.7 Å². The van der Waals surface area contributed by atoms with Gasteiger partial charge >= 0.3 is 0 Å². The Morgan fingerprint density at radius 2 is 0.235 bits per heavy atom. The highest BCUT2D eigenvalue weighted by atomic mass is 19.2. The van der Waals surface area contributed by atoms with E-state index in [9.17, 15) is 52.7 Å². The first-order chi connectivity index (χ1) is 47.2. The molecule has 2 atom stereocenters. The fourth-order valence-electron chi connectivity index (χ4n) is 10.7. The monoisotopic (exact) mass is 1520 g/mol. The molecule has 1 aliphatic carbocycles. The van der Waals surface area contributed by atoms with Gasteiger partial charge in [-0.3, -0.25) is 0 Å². The Balaban J connectivity index is 1.47. The molecule has 0 saturated carbocycles. The molecule has 0 spiro atoms. The van der Waals surface area contributed by atoms with Crippen molar-refractivity contribution in [2.24, 2.45) is 0 Å². The molecular weight excluding hydrogens is 1510 g/mol. The van der Waals surface area contributed by atoms with E-state index in [0.29, 0.717) is 0 Å². The molecule has 536 valence electrons. The maximum atomic E-state index is 18.0. The summed E-state index contributed by atoms with van der Waals surface area (Å²) in [6, 6.07) is 0. The average molecular weight is 1520 g/mol. The molecule has 0 bridgehead atoms. The van der Waals surface area contributed by atoms with Crippen molar-refractivity contribution in [3.63, 3.8) is 0 Å². The van der Waals surface area contributed by atoms with E-state index in [1.807, 2.05) is 0 Å². The van der Waals surface area contributed by atoms with Crippen molar-refractivity contribution in [3.05, 3.63) is 244 Å². The van der Waals surface area contributed by atoms with E-state index < -0.39 is 345 Å². The van der Waals surface area contributed by atoms with Gasteiger partial charge in [0, 0.05) is 16.7 Å². The third kappa shape index (κ3) is 9.97. The standard InChI is InChI=1S/C61H5F41/c1-2-3(4-42(83)50(91)58(99)51(92)43(4)84)28(69)29(70)5(21(2)62)6-22(63)7(24(65)9(23(6)64)12-30(71)36(77)15(37(78)31(12)72)18-44(85)52(93)59(100)53(94)45(18)86)8-25(66)10(13-32(73)38(79)16(39(80)33(13)74)19-46(87)54(95)60(101)55(96)47(19)88)27(68)11(26(8)67)14-34(75)40(81)17(41(82)35(14)76)20-48(89)56(97)61(102)57(98)49(20)90/h32,38H,1H3. The number of hydrogen-bond donors (Lipinski definition) is 0. The minimum atomic E-state index is -5.17. The molecule has 0 aliphatic heterocycles. The molecule has 0 radical (unpaired) electrons. The van der Waals surface area contributed by atoms with E-state index in [2.05, 4.69) is 0 Å². The molecule has 102 heavy (non-hydrogen) atoms. The molecular formula is C61H5F41. The molecule has 0 heterocycles. The van der Waals surface area contributed by atoms with Crippen molar-refractivity contribution in [2.45, 2.75) is 19.3 Å². The van der Waals surface area contributed by atoms with E-state index in [1.165, 1.54) is 0 Å². The van der Waals surface area contributed by atoms with Crippen molar-refractivity contribution in [1.82, 2.24) is 0 Å². The molecule has 0 saturated heterocycles. The maximum Gasteiger partial charge on any atom is 0.200 e. The Morgan fingerprint density at radius 3 is 0.431 bits per heavy atom. The summed E-state index contributed by atoms with van der Waals surface area (Å²) in [6.07, 6.45) is -10.2. The average Bonchev–Trinajstić information content (AvgIpc) is 0.705. The highest BCUT2D eigenvalue weighted by Crippen LogP contribution is 2.56. The fourth-order valence-corrected chi connectivity index (χ4v) is 10.7. The summed E-state index contributed by atoms with van der Waals surface area (Å²) in [4.78, 5) is 0. The zero-order valence-corrected chi connectivity index (χ0v) is 46.7. The SMILES string of the molecule is Cc1c(F)c(-c2c(F)c(-c3c(F)c(F)c(-c4c(F)c(F)c(F)c(F)c4F)c(F)c3F)c(F)c(-c3c(F)c(C4=C(F)C(F)=C(c5c(F)c(F)c(F)c(F)c5F)C(F)C4F)c(F)c(-c4c(F)c(F)c(-c5c(F)c(F)c(F)c(F)c5F)c(F)c4F)c3F)c2F)c(F)c(F)c1-c1c(F)c(F)c(F)c(F)c1F. The zero-order chi connectivity index (χ0) is 76.6. The molecule has 0 aromatic heterocycles. The lowest BCUT2D eigenvalue weighted by atomic mass is 9.81. The Hall–Kier alpha value is -10.4. The second-order valence-electron chi connectivity index (χ2n) is 20.5. The first-order valence-corrected chi connectivity index (χ1v) is 25.7. The highest BCUT2D eigenvalue weighted by Gasteiger charge is 2.50.